The number of nitro groups is 1. The van der Waals surface area contributed by atoms with Crippen molar-refractivity contribution in [3.8, 4) is 0 Å². The molecule has 0 saturated heterocycles. The fourth-order valence-electron chi connectivity index (χ4n) is 0.311. The van der Waals surface area contributed by atoms with E-state index < -0.39 is 4.92 Å². The minimum absolute atomic E-state index is 0.0301. The highest BCUT2D eigenvalue weighted by Crippen LogP contribution is 2.05. The zero-order valence-corrected chi connectivity index (χ0v) is 5.55. The Labute approximate surface area is 53.8 Å². The Morgan fingerprint density at radius 3 is 2.33 bits per heavy atom. The first-order chi connectivity index (χ1) is 4.09. The summed E-state index contributed by atoms with van der Waals surface area (Å²) in [5.74, 6) is 0. The van der Waals surface area contributed by atoms with E-state index in [-0.39, 0.29) is 5.70 Å². The van der Waals surface area contributed by atoms with Gasteiger partial charge < -0.3 is 0 Å². The molecule has 0 aliphatic heterocycles. The number of allylic oxidation sites excluding steroid dienone is 2. The van der Waals surface area contributed by atoms with Crippen LogP contribution in [0.2, 0.25) is 0 Å². The van der Waals surface area contributed by atoms with Crippen LogP contribution in [0.4, 0.5) is 0 Å². The summed E-state index contributed by atoms with van der Waals surface area (Å²) in [5, 5.41) is 9.96. The van der Waals surface area contributed by atoms with Crippen molar-refractivity contribution < 1.29 is 4.92 Å². The van der Waals surface area contributed by atoms with Crippen LogP contribution in [0.25, 0.3) is 0 Å². The topological polar surface area (TPSA) is 43.1 Å². The molecular weight excluding hydrogens is 118 g/mol. The smallest absolute Gasteiger partial charge is 0.258 e. The molecule has 0 aromatic heterocycles. The predicted octanol–water partition coefficient (Wildman–Crippen LogP) is 1.74. The van der Waals surface area contributed by atoms with Gasteiger partial charge in [-0.3, -0.25) is 10.1 Å². The van der Waals surface area contributed by atoms with Crippen LogP contribution in [0, 0.1) is 10.1 Å². The normalized spacial score (nSPS) is 11.1. The predicted molar refractivity (Wildman–Crippen MR) is 35.6 cm³/mol. The van der Waals surface area contributed by atoms with E-state index in [9.17, 15) is 10.1 Å². The van der Waals surface area contributed by atoms with E-state index in [0.29, 0.717) is 5.57 Å². The van der Waals surface area contributed by atoms with Crippen molar-refractivity contribution in [3.63, 3.8) is 0 Å². The summed E-state index contributed by atoms with van der Waals surface area (Å²) in [6.45, 7) is 6.66. The lowest BCUT2D eigenvalue weighted by Gasteiger charge is -1.91. The van der Waals surface area contributed by atoms with Crippen molar-refractivity contribution in [2.75, 3.05) is 0 Å². The number of nitrogens with zero attached hydrogens (tertiary/aromatic N) is 1. The van der Waals surface area contributed by atoms with E-state index in [2.05, 4.69) is 6.58 Å². The average Bonchev–Trinajstić information content (AvgIpc) is 1.84. The molecule has 0 aromatic carbocycles. The fourth-order valence-corrected chi connectivity index (χ4v) is 0.311. The van der Waals surface area contributed by atoms with Crippen molar-refractivity contribution >= 4 is 0 Å². The Bertz CT molecular complexity index is 170. The minimum Gasteiger partial charge on any atom is -0.258 e. The largest absolute Gasteiger partial charge is 0.264 e. The van der Waals surface area contributed by atoms with Crippen LogP contribution in [0.15, 0.2) is 23.9 Å². The molecule has 3 heteroatoms. The summed E-state index contributed by atoms with van der Waals surface area (Å²) in [7, 11) is 0. The van der Waals surface area contributed by atoms with Crippen LogP contribution in [0.1, 0.15) is 13.8 Å². The summed E-state index contributed by atoms with van der Waals surface area (Å²) in [4.78, 5) is 9.47. The Morgan fingerprint density at radius 2 is 2.22 bits per heavy atom. The average molecular weight is 127 g/mol. The second kappa shape index (κ2) is 3.02. The van der Waals surface area contributed by atoms with Crippen molar-refractivity contribution in [1.29, 1.82) is 0 Å². The van der Waals surface area contributed by atoms with Crippen molar-refractivity contribution in [2.45, 2.75) is 13.8 Å². The first kappa shape index (κ1) is 7.88. The molecule has 3 nitrogen and oxygen atoms in total. The van der Waals surface area contributed by atoms with Gasteiger partial charge in [-0.05, 0) is 20.4 Å². The molecule has 0 aliphatic carbocycles. The molecule has 0 aliphatic rings. The molecule has 0 aromatic rings. The summed E-state index contributed by atoms with van der Waals surface area (Å²) >= 11 is 0. The van der Waals surface area contributed by atoms with Crippen molar-refractivity contribution in [1.82, 2.24) is 0 Å². The third-order valence-corrected chi connectivity index (χ3v) is 1.11. The van der Waals surface area contributed by atoms with Gasteiger partial charge in [-0.15, -0.1) is 0 Å². The molecule has 0 heterocycles. The molecule has 0 rings (SSSR count). The summed E-state index contributed by atoms with van der Waals surface area (Å²) < 4.78 is 0. The fraction of sp³-hybridized carbons (Fsp3) is 0.333. The van der Waals surface area contributed by atoms with E-state index in [0.717, 1.165) is 0 Å². The molecule has 0 bridgehead atoms. The molecule has 50 valence electrons. The van der Waals surface area contributed by atoms with E-state index >= 15 is 0 Å². The van der Waals surface area contributed by atoms with Gasteiger partial charge in [-0.25, -0.2) is 0 Å². The van der Waals surface area contributed by atoms with Gasteiger partial charge in [0, 0.05) is 5.57 Å². The second-order valence-electron chi connectivity index (χ2n) is 1.68. The van der Waals surface area contributed by atoms with Crippen LogP contribution in [-0.4, -0.2) is 4.92 Å². The molecular formula is C6H9NO2. The highest BCUT2D eigenvalue weighted by molar-refractivity contribution is 5.18. The van der Waals surface area contributed by atoms with Gasteiger partial charge in [0.2, 0.25) is 0 Å². The number of hydrogen-bond acceptors (Lipinski definition) is 2. The first-order valence-electron chi connectivity index (χ1n) is 2.56. The standard InChI is InChI=1S/C6H9NO2/c1-4-5(2)6(3)7(8)9/h4H,3H2,1-2H3. The molecule has 0 radical (unpaired) electrons. The third-order valence-electron chi connectivity index (χ3n) is 1.11. The van der Waals surface area contributed by atoms with Gasteiger partial charge in [0.25, 0.3) is 5.70 Å². The minimum atomic E-state index is -0.491. The van der Waals surface area contributed by atoms with Gasteiger partial charge in [0.1, 0.15) is 0 Å². The van der Waals surface area contributed by atoms with Gasteiger partial charge in [-0.2, -0.15) is 0 Å². The van der Waals surface area contributed by atoms with Crippen molar-refractivity contribution in [3.05, 3.63) is 34.0 Å². The van der Waals surface area contributed by atoms with Gasteiger partial charge in [-0.1, -0.05) is 6.08 Å². The highest BCUT2D eigenvalue weighted by Gasteiger charge is 2.06. The van der Waals surface area contributed by atoms with Crippen LogP contribution in [0.5, 0.6) is 0 Å². The summed E-state index contributed by atoms with van der Waals surface area (Å²) in [6, 6.07) is 0. The SMILES string of the molecule is C=C(C(C)=CC)[N+](=O)[O-]. The zero-order chi connectivity index (χ0) is 7.44. The lowest BCUT2D eigenvalue weighted by molar-refractivity contribution is -0.420. The first-order valence-corrected chi connectivity index (χ1v) is 2.56. The molecule has 0 atom stereocenters. The Hall–Kier alpha value is -1.12. The van der Waals surface area contributed by atoms with Crippen LogP contribution >= 0.6 is 0 Å². The van der Waals surface area contributed by atoms with E-state index in [1.165, 1.54) is 0 Å². The maximum atomic E-state index is 9.96. The summed E-state index contributed by atoms with van der Waals surface area (Å²) in [6.07, 6.45) is 1.66. The zero-order valence-electron chi connectivity index (χ0n) is 5.55. The highest BCUT2D eigenvalue weighted by atomic mass is 16.6. The summed E-state index contributed by atoms with van der Waals surface area (Å²) in [5.41, 5.74) is 0.581. The van der Waals surface area contributed by atoms with E-state index in [1.54, 1.807) is 19.9 Å². The van der Waals surface area contributed by atoms with Gasteiger partial charge >= 0.3 is 0 Å². The number of rotatable bonds is 2. The molecule has 0 spiro atoms. The third kappa shape index (κ3) is 2.08. The van der Waals surface area contributed by atoms with Crippen molar-refractivity contribution in [2.24, 2.45) is 0 Å². The van der Waals surface area contributed by atoms with Gasteiger partial charge in [0.05, 0.1) is 4.92 Å². The van der Waals surface area contributed by atoms with Crippen LogP contribution in [-0.2, 0) is 0 Å². The molecule has 0 saturated carbocycles. The maximum absolute atomic E-state index is 9.96. The van der Waals surface area contributed by atoms with Gasteiger partial charge in [0.15, 0.2) is 0 Å². The molecule has 0 N–H and O–H groups in total. The van der Waals surface area contributed by atoms with E-state index in [1.807, 2.05) is 0 Å². The van der Waals surface area contributed by atoms with E-state index in [4.69, 9.17) is 0 Å². The Morgan fingerprint density at radius 1 is 1.78 bits per heavy atom. The molecule has 0 unspecified atom stereocenters. The molecule has 0 fully saturated rings. The lowest BCUT2D eigenvalue weighted by atomic mass is 10.2. The van der Waals surface area contributed by atoms with Crippen LogP contribution in [0.3, 0.4) is 0 Å². The van der Waals surface area contributed by atoms with Crippen LogP contribution < -0.4 is 0 Å². The quantitative estimate of drug-likeness (QED) is 0.322. The molecule has 0 amide bonds. The molecule has 9 heavy (non-hydrogen) atoms. The lowest BCUT2D eigenvalue weighted by Crippen LogP contribution is -1.96. The second-order valence-corrected chi connectivity index (χ2v) is 1.68. The Kier molecular flexibility index (Phi) is 2.64. The number of hydrogen-bond donors (Lipinski definition) is 0. The maximum Gasteiger partial charge on any atom is 0.264 e. The monoisotopic (exact) mass is 127 g/mol. The Balaban J connectivity index is 4.23.